The van der Waals surface area contributed by atoms with Crippen LogP contribution in [0.5, 0.6) is 5.75 Å². The van der Waals surface area contributed by atoms with Gasteiger partial charge in [0.1, 0.15) is 0 Å². The number of piperazine rings is 1. The number of hydrogen-bond donors (Lipinski definition) is 1. The summed E-state index contributed by atoms with van der Waals surface area (Å²) < 4.78 is 5.48. The second kappa shape index (κ2) is 9.30. The minimum absolute atomic E-state index is 0. The van der Waals surface area contributed by atoms with Gasteiger partial charge in [-0.25, -0.2) is 0 Å². The number of para-hydroxylation sites is 1. The van der Waals surface area contributed by atoms with E-state index in [0.29, 0.717) is 6.04 Å². The van der Waals surface area contributed by atoms with E-state index in [-0.39, 0.29) is 12.4 Å². The first-order valence-corrected chi connectivity index (χ1v) is 9.78. The van der Waals surface area contributed by atoms with Crippen molar-refractivity contribution in [3.05, 3.63) is 54.5 Å². The maximum absolute atomic E-state index is 5.48. The van der Waals surface area contributed by atoms with Gasteiger partial charge in [0.05, 0.1) is 19.0 Å². The first kappa shape index (κ1) is 20.5. The van der Waals surface area contributed by atoms with Crippen LogP contribution >= 0.6 is 12.4 Å². The number of aryl methyl sites for hydroxylation is 1. The van der Waals surface area contributed by atoms with Crippen LogP contribution in [-0.4, -0.2) is 54.2 Å². The maximum Gasteiger partial charge on any atom is 0.160 e. The van der Waals surface area contributed by atoms with Gasteiger partial charge in [-0.1, -0.05) is 18.2 Å². The SMILES string of the molecule is COc1cnccc1N1CCN(CCCc2c[nH]c3ccccc23)C(C)C1.Cl. The highest BCUT2D eigenvalue weighted by molar-refractivity contribution is 5.85. The third-order valence-electron chi connectivity index (χ3n) is 5.65. The van der Waals surface area contributed by atoms with Crippen LogP contribution in [-0.2, 0) is 6.42 Å². The molecule has 1 N–H and O–H groups in total. The minimum atomic E-state index is 0. The average molecular weight is 401 g/mol. The molecule has 0 bridgehead atoms. The predicted octanol–water partition coefficient (Wildman–Crippen LogP) is 4.14. The van der Waals surface area contributed by atoms with Crippen LogP contribution in [0.15, 0.2) is 48.9 Å². The van der Waals surface area contributed by atoms with E-state index in [9.17, 15) is 0 Å². The molecule has 0 aliphatic carbocycles. The molecule has 1 aliphatic heterocycles. The summed E-state index contributed by atoms with van der Waals surface area (Å²) in [7, 11) is 1.71. The third kappa shape index (κ3) is 4.26. The number of aromatic amines is 1. The van der Waals surface area contributed by atoms with Crippen molar-refractivity contribution in [1.82, 2.24) is 14.9 Å². The number of methoxy groups -OCH3 is 1. The predicted molar refractivity (Wildman–Crippen MR) is 118 cm³/mol. The first-order valence-electron chi connectivity index (χ1n) is 9.78. The molecule has 28 heavy (non-hydrogen) atoms. The topological polar surface area (TPSA) is 44.4 Å². The fourth-order valence-electron chi connectivity index (χ4n) is 4.15. The lowest BCUT2D eigenvalue weighted by atomic mass is 10.1. The molecule has 1 atom stereocenters. The van der Waals surface area contributed by atoms with Crippen molar-refractivity contribution in [2.45, 2.75) is 25.8 Å². The Labute approximate surface area is 173 Å². The number of fused-ring (bicyclic) bond motifs is 1. The van der Waals surface area contributed by atoms with Crippen molar-refractivity contribution in [3.63, 3.8) is 0 Å². The molecule has 0 saturated carbocycles. The Morgan fingerprint density at radius 1 is 1.21 bits per heavy atom. The highest BCUT2D eigenvalue weighted by atomic mass is 35.5. The van der Waals surface area contributed by atoms with Crippen LogP contribution < -0.4 is 9.64 Å². The van der Waals surface area contributed by atoms with Crippen LogP contribution in [0.2, 0.25) is 0 Å². The van der Waals surface area contributed by atoms with Crippen LogP contribution in [0.25, 0.3) is 10.9 Å². The summed E-state index contributed by atoms with van der Waals surface area (Å²) >= 11 is 0. The highest BCUT2D eigenvalue weighted by Gasteiger charge is 2.25. The van der Waals surface area contributed by atoms with Crippen molar-refractivity contribution in [2.75, 3.05) is 38.2 Å². The Hall–Kier alpha value is -2.24. The molecule has 6 heteroatoms. The number of anilines is 1. The molecule has 1 aromatic carbocycles. The molecule has 1 saturated heterocycles. The van der Waals surface area contributed by atoms with Gasteiger partial charge in [0.2, 0.25) is 0 Å². The van der Waals surface area contributed by atoms with Gasteiger partial charge in [-0.2, -0.15) is 0 Å². The van der Waals surface area contributed by atoms with E-state index in [1.165, 1.54) is 22.9 Å². The van der Waals surface area contributed by atoms with E-state index in [1.54, 1.807) is 13.3 Å². The lowest BCUT2D eigenvalue weighted by molar-refractivity contribution is 0.187. The summed E-state index contributed by atoms with van der Waals surface area (Å²) in [4.78, 5) is 12.6. The number of nitrogens with zero attached hydrogens (tertiary/aromatic N) is 3. The standard InChI is InChI=1S/C22H28N4O.ClH/c1-17-16-26(21-9-10-23-15-22(21)27-2)13-12-25(17)11-5-6-18-14-24-20-8-4-3-7-19(18)20;/h3-4,7-10,14-15,17,24H,5-6,11-13,16H2,1-2H3;1H. The fourth-order valence-corrected chi connectivity index (χ4v) is 4.15. The van der Waals surface area contributed by atoms with Crippen LogP contribution in [0.3, 0.4) is 0 Å². The molecule has 0 spiro atoms. The summed E-state index contributed by atoms with van der Waals surface area (Å²) in [6.07, 6.45) is 8.12. The van der Waals surface area contributed by atoms with Gasteiger partial charge < -0.3 is 14.6 Å². The Kier molecular flexibility index (Phi) is 6.81. The minimum Gasteiger partial charge on any atom is -0.493 e. The summed E-state index contributed by atoms with van der Waals surface area (Å²) in [5.41, 5.74) is 3.82. The van der Waals surface area contributed by atoms with Gasteiger partial charge >= 0.3 is 0 Å². The largest absolute Gasteiger partial charge is 0.493 e. The van der Waals surface area contributed by atoms with Crippen molar-refractivity contribution >= 4 is 29.0 Å². The van der Waals surface area contributed by atoms with E-state index in [2.05, 4.69) is 63.2 Å². The van der Waals surface area contributed by atoms with E-state index >= 15 is 0 Å². The second-order valence-corrected chi connectivity index (χ2v) is 7.34. The summed E-state index contributed by atoms with van der Waals surface area (Å²) in [6, 6.07) is 11.1. The number of benzene rings is 1. The van der Waals surface area contributed by atoms with Crippen molar-refractivity contribution in [3.8, 4) is 5.75 Å². The Morgan fingerprint density at radius 3 is 2.89 bits per heavy atom. The molecule has 3 aromatic rings. The zero-order valence-corrected chi connectivity index (χ0v) is 17.4. The quantitative estimate of drug-likeness (QED) is 0.675. The van der Waals surface area contributed by atoms with Gasteiger partial charge in [0, 0.05) is 49.0 Å². The Balaban J connectivity index is 0.00000225. The van der Waals surface area contributed by atoms with Gasteiger partial charge in [-0.05, 0) is 44.0 Å². The van der Waals surface area contributed by atoms with E-state index in [4.69, 9.17) is 4.74 Å². The lowest BCUT2D eigenvalue weighted by Gasteiger charge is -2.41. The van der Waals surface area contributed by atoms with Gasteiger partial charge in [-0.3, -0.25) is 9.88 Å². The van der Waals surface area contributed by atoms with Crippen LogP contribution in [0.4, 0.5) is 5.69 Å². The zero-order valence-electron chi connectivity index (χ0n) is 16.6. The zero-order chi connectivity index (χ0) is 18.6. The smallest absolute Gasteiger partial charge is 0.160 e. The molecule has 3 heterocycles. The number of hydrogen-bond acceptors (Lipinski definition) is 4. The third-order valence-corrected chi connectivity index (χ3v) is 5.65. The Bertz CT molecular complexity index is 897. The number of nitrogens with one attached hydrogen (secondary N) is 1. The molecule has 1 aliphatic rings. The number of aromatic nitrogens is 2. The molecule has 1 fully saturated rings. The van der Waals surface area contributed by atoms with Crippen molar-refractivity contribution in [2.24, 2.45) is 0 Å². The normalized spacial score (nSPS) is 17.5. The molecule has 2 aromatic heterocycles. The molecule has 150 valence electrons. The molecule has 4 rings (SSSR count). The van der Waals surface area contributed by atoms with Gasteiger partial charge in [0.25, 0.3) is 0 Å². The van der Waals surface area contributed by atoms with E-state index in [1.807, 2.05) is 6.20 Å². The van der Waals surface area contributed by atoms with Crippen LogP contribution in [0.1, 0.15) is 18.9 Å². The number of ether oxygens (including phenoxy) is 1. The van der Waals surface area contributed by atoms with Gasteiger partial charge in [-0.15, -0.1) is 12.4 Å². The summed E-state index contributed by atoms with van der Waals surface area (Å²) in [5.74, 6) is 0.859. The van der Waals surface area contributed by atoms with Gasteiger partial charge in [0.15, 0.2) is 5.75 Å². The van der Waals surface area contributed by atoms with Crippen LogP contribution in [0, 0.1) is 0 Å². The average Bonchev–Trinajstić information content (AvgIpc) is 3.12. The van der Waals surface area contributed by atoms with E-state index < -0.39 is 0 Å². The second-order valence-electron chi connectivity index (χ2n) is 7.34. The lowest BCUT2D eigenvalue weighted by Crippen LogP contribution is -2.52. The van der Waals surface area contributed by atoms with E-state index in [0.717, 1.165) is 44.0 Å². The Morgan fingerprint density at radius 2 is 2.07 bits per heavy atom. The molecule has 0 radical (unpaired) electrons. The molecule has 5 nitrogen and oxygen atoms in total. The summed E-state index contributed by atoms with van der Waals surface area (Å²) in [6.45, 7) is 6.60. The molecular weight excluding hydrogens is 372 g/mol. The monoisotopic (exact) mass is 400 g/mol. The maximum atomic E-state index is 5.48. The molecular formula is C22H29ClN4O. The number of H-pyrrole nitrogens is 1. The van der Waals surface area contributed by atoms with Crippen molar-refractivity contribution < 1.29 is 4.74 Å². The number of pyridine rings is 1. The fraction of sp³-hybridized carbons (Fsp3) is 0.409. The molecule has 0 amide bonds. The molecule has 1 unspecified atom stereocenters. The highest BCUT2D eigenvalue weighted by Crippen LogP contribution is 2.28. The number of rotatable bonds is 6. The summed E-state index contributed by atoms with van der Waals surface area (Å²) in [5, 5.41) is 1.36. The number of halogens is 1. The van der Waals surface area contributed by atoms with Crippen molar-refractivity contribution in [1.29, 1.82) is 0 Å². The first-order chi connectivity index (χ1) is 13.3.